The highest BCUT2D eigenvalue weighted by Crippen LogP contribution is 2.51. The number of aliphatic carboxylic acids is 2. The summed E-state index contributed by atoms with van der Waals surface area (Å²) in [6.07, 6.45) is -2.51. The molecule has 56 heteroatoms. The second kappa shape index (κ2) is 53.5. The Kier molecular flexibility index (Phi) is 44.9. The number of alkyl halides is 12. The molecule has 4 unspecified atom stereocenters. The van der Waals surface area contributed by atoms with Gasteiger partial charge in [0.25, 0.3) is 0 Å². The van der Waals surface area contributed by atoms with Crippen molar-refractivity contribution in [3.8, 4) is 22.3 Å². The second-order valence-electron chi connectivity index (χ2n) is 39.3. The number of anilines is 1. The van der Waals surface area contributed by atoms with Crippen LogP contribution in [-0.2, 0) is 143 Å². The van der Waals surface area contributed by atoms with Crippen LogP contribution < -0.4 is 32.3 Å². The van der Waals surface area contributed by atoms with Crippen LogP contribution >= 0.6 is 13.5 Å². The fraction of sp³-hybridized carbons (Fsp3) is 0.644. The van der Waals surface area contributed by atoms with Gasteiger partial charge in [-0.05, 0) is 192 Å². The number of piperidine rings is 4. The van der Waals surface area contributed by atoms with Crippen LogP contribution in [0, 0.1) is 42.9 Å². The summed E-state index contributed by atoms with van der Waals surface area (Å²) >= 11 is 24.2. The third kappa shape index (κ3) is 38.1. The number of nitrogens with two attached hydrogens (primary N) is 1. The van der Waals surface area contributed by atoms with E-state index in [4.69, 9.17) is 30.8 Å². The third-order valence-corrected chi connectivity index (χ3v) is 27.6. The largest absolute Gasteiger partial charge is 0.480 e. The molecule has 12 fully saturated rings. The molecule has 5 aromatic rings. The fourth-order valence-corrected chi connectivity index (χ4v) is 18.8. The SMILES string of the molecule is CC(=O)C(=N)c1cc(-c2cnc(C)nc2)ccc1NCC(=O)O.CC(=O)c1nn(CC(=O)N2[C@@H]3C[C@@H]3C[C@H]2C(=O)NC2CCN(CC(F)(F)F)C2)c2ccc(-c3cnc(C)nc3)cc12.CC(C)(C)OC(=O)N1[C@@H]2C[C@@H]2C[C@H]1C(=O)NC1CCN(CC(F)(F)F)C1.CC(C)(C)OC(=O)N1[C@@H]2C[C@@H]2C[C@H]1C(=O)O.NC1CCN(CC(F)(F)F)C1.O=C(NC1CCN(CC(F)(F)F)C1)[C@@H]1C[C@H]2C[C@H]2N1.S.S=S.S=S=S.S=S=S=S. The smallest absolute Gasteiger partial charge is 0.411 e. The summed E-state index contributed by atoms with van der Waals surface area (Å²) in [6.45, 7) is 15.2. The van der Waals surface area contributed by atoms with E-state index < -0.39 is 110 Å². The predicted octanol–water partition coefficient (Wildman–Crippen LogP) is 9.42. The number of fused-ring (bicyclic) bond motifs is 5. The van der Waals surface area contributed by atoms with Gasteiger partial charge in [-0.25, -0.2) is 34.3 Å². The van der Waals surface area contributed by atoms with E-state index in [1.54, 1.807) is 109 Å². The van der Waals surface area contributed by atoms with Crippen molar-refractivity contribution in [1.82, 2.24) is 85.3 Å². The number of likely N-dealkylation sites (tertiary alicyclic amines) is 7. The molecule has 0 spiro atoms. The van der Waals surface area contributed by atoms with Gasteiger partial charge in [-0.2, -0.15) is 71.3 Å². The molecule has 0 radical (unpaired) electrons. The molecule has 0 bridgehead atoms. The van der Waals surface area contributed by atoms with Crippen LogP contribution in [0.5, 0.6) is 0 Å². The van der Waals surface area contributed by atoms with Gasteiger partial charge in [0.2, 0.25) is 23.6 Å². The second-order valence-corrected chi connectivity index (χ2v) is 44.6. The maximum atomic E-state index is 13.6. The lowest BCUT2D eigenvalue weighted by Crippen LogP contribution is -2.52. The zero-order chi connectivity index (χ0) is 108. The first-order chi connectivity index (χ1) is 67.8. The molecule has 16 atom stereocenters. The minimum absolute atomic E-state index is 0. The number of rotatable bonds is 21. The summed E-state index contributed by atoms with van der Waals surface area (Å²) < 4.78 is 160. The number of ketones is 2. The van der Waals surface area contributed by atoms with Crippen LogP contribution in [-0.4, -0.2) is 333 Å². The van der Waals surface area contributed by atoms with E-state index in [0.29, 0.717) is 135 Å². The molecule has 4 saturated carbocycles. The molecule has 146 heavy (non-hydrogen) atoms. The average molecular weight is 2250 g/mol. The summed E-state index contributed by atoms with van der Waals surface area (Å²) in [4.78, 5) is 148. The number of carboxylic acids is 2. The number of carboxylic acid groups (broad SMARTS) is 2. The molecule has 3 aromatic heterocycles. The van der Waals surface area contributed by atoms with E-state index in [0.717, 1.165) is 63.2 Å². The van der Waals surface area contributed by atoms with Crippen LogP contribution in [0.15, 0.2) is 61.2 Å². The Morgan fingerprint density at radius 2 is 0.911 bits per heavy atom. The number of halogens is 12. The standard InChI is InChI=1S/C28H30F3N7O3.C17H26F3N3O3.C16H16N4O3.C12H18F3N3O.C11H17NO4.C6H11F3N2.S4.S3.S2.H2S/c1-15(39)26-21-7-17(19-10-32-16(2)33-11-19)3-4-22(21)37(35-26)13-25(40)38-23-8-18(23)9-24(38)27(41)34-20-5-6-36(12-20)14-28(29,30)31;1-16(2,3)26-15(25)23-12-6-10(12)7-13(23)14(24)21-11-4-5-22(8-11)9-17(18,19)20;1-9(21)16(17)13-5-11(12-6-18-10(2)19-7-12)3-4-14(13)20-8-15(22)23;13-12(14,15)6-18-2-1-8(5-18)16-11(19)10-4-7-3-9(7)17-10;1-11(2,3)16-10(15)12-7-4-6(7)5-8(12)9(13)14;7-6(8,9)4-11-2-1-5(10)3-11;1-3-4-2;1-3-2;1-2;/h3-4,7,10-11,18,20,23-24H,5-6,8-9,12-14H2,1-2H3,(H,34,41);10-13H,4-9H2,1-3H3,(H,21,24);3-7,17,20H,8H2,1-2H3,(H,22,23);7-10,17H,1-6H2,(H,16,19);6-8H,4-5H2,1-3H3,(H,13,14);5H,1-4,10H2;;;;1H2/t18-,20?,23-,24+;10-,11?,12-,13+;;7-,8?,9-,10+;6-,7-,8+;;;;;/m11.11...../s1. The highest BCUT2D eigenvalue weighted by atomic mass is 33.2. The van der Waals surface area contributed by atoms with Crippen molar-refractivity contribution >= 4 is 189 Å². The van der Waals surface area contributed by atoms with Gasteiger partial charge in [0.1, 0.15) is 65.5 Å². The lowest BCUT2D eigenvalue weighted by molar-refractivity contribution is -0.144. The number of aromatic nitrogens is 6. The molecular formula is C90H120F12N20O14S10. The fourth-order valence-electron chi connectivity index (χ4n) is 18.8. The monoisotopic (exact) mass is 2250 g/mol. The first-order valence-corrected chi connectivity index (χ1v) is 54.4. The molecule has 2 aromatic carbocycles. The maximum Gasteiger partial charge on any atom is 0.411 e. The van der Waals surface area contributed by atoms with Crippen molar-refractivity contribution in [2.24, 2.45) is 29.4 Å². The number of amides is 6. The van der Waals surface area contributed by atoms with E-state index in [2.05, 4.69) is 119 Å². The van der Waals surface area contributed by atoms with E-state index >= 15 is 0 Å². The van der Waals surface area contributed by atoms with Crippen LogP contribution in [0.4, 0.5) is 68.0 Å². The summed E-state index contributed by atoms with van der Waals surface area (Å²) in [7, 11) is 3.26. The Labute approximate surface area is 881 Å². The number of nitrogens with zero attached hydrogens (tertiary/aromatic N) is 13. The zero-order valence-electron chi connectivity index (χ0n) is 81.3. The van der Waals surface area contributed by atoms with Crippen molar-refractivity contribution in [2.75, 3.05) is 90.4 Å². The average Bonchev–Trinajstić information content (AvgIpc) is 1.59. The Morgan fingerprint density at radius 1 is 0.521 bits per heavy atom. The number of nitrogens with one attached hydrogen (secondary N) is 6. The Hall–Kier alpha value is -8.51. The first kappa shape index (κ1) is 123. The molecule has 6 amide bonds. The van der Waals surface area contributed by atoms with Crippen LogP contribution in [0.1, 0.15) is 160 Å². The molecular weight excluding hydrogens is 2130 g/mol. The van der Waals surface area contributed by atoms with Gasteiger partial charge in [-0.1, -0.05) is 12.1 Å². The summed E-state index contributed by atoms with van der Waals surface area (Å²) in [5.74, 6) is -0.697. The molecule has 11 heterocycles. The summed E-state index contributed by atoms with van der Waals surface area (Å²) in [5, 5.41) is 45.3. The quantitative estimate of drug-likeness (QED) is 0.0187. The van der Waals surface area contributed by atoms with Gasteiger partial charge in [0.15, 0.2) is 11.6 Å². The lowest BCUT2D eigenvalue weighted by Gasteiger charge is -2.30. The van der Waals surface area contributed by atoms with Gasteiger partial charge in [0.05, 0.1) is 37.7 Å². The number of hydrogen-bond donors (Lipinski definition) is 9. The molecule has 8 aliphatic heterocycles. The Bertz CT molecular complexity index is 5550. The number of ether oxygens (including phenoxy) is 2. The van der Waals surface area contributed by atoms with Crippen LogP contribution in [0.2, 0.25) is 0 Å². The number of benzene rings is 2. The van der Waals surface area contributed by atoms with E-state index in [1.165, 1.54) is 65.7 Å². The molecule has 12 aliphatic rings. The molecule has 10 N–H and O–H groups in total. The van der Waals surface area contributed by atoms with Gasteiger partial charge in [-0.15, -0.1) is 0 Å². The molecule has 4 aliphatic carbocycles. The molecule has 8 saturated heterocycles. The van der Waals surface area contributed by atoms with E-state index in [-0.39, 0.29) is 141 Å². The van der Waals surface area contributed by atoms with Crippen molar-refractivity contribution in [1.29, 1.82) is 5.41 Å². The van der Waals surface area contributed by atoms with Gasteiger partial charge in [0, 0.05) is 261 Å². The van der Waals surface area contributed by atoms with Crippen LogP contribution in [0.25, 0.3) is 33.2 Å². The Morgan fingerprint density at radius 3 is 1.29 bits per heavy atom. The van der Waals surface area contributed by atoms with E-state index in [9.17, 15) is 101 Å². The lowest BCUT2D eigenvalue weighted by atomic mass is 9.99. The highest BCUT2D eigenvalue weighted by Gasteiger charge is 2.60. The van der Waals surface area contributed by atoms with Crippen molar-refractivity contribution < 1.29 is 120 Å². The zero-order valence-corrected chi connectivity index (χ0v) is 89.6. The highest BCUT2D eigenvalue weighted by molar-refractivity contribution is 8.51. The van der Waals surface area contributed by atoms with Crippen molar-refractivity contribution in [3.05, 3.63) is 84.1 Å². The number of carbonyl (C=O) groups is 10. The van der Waals surface area contributed by atoms with Gasteiger partial charge >= 0.3 is 48.8 Å². The number of hydrogen-bond acceptors (Lipinski definition) is 31. The van der Waals surface area contributed by atoms with Crippen molar-refractivity contribution in [3.63, 3.8) is 0 Å². The number of Topliss-reactive ketones (excluding diaryl/α,β-unsaturated/α-hetero) is 2. The topological polar surface area (TPSA) is 432 Å². The minimum Gasteiger partial charge on any atom is -0.480 e. The molecule has 34 nitrogen and oxygen atoms in total. The Balaban J connectivity index is 0.000000219. The van der Waals surface area contributed by atoms with Gasteiger partial charge in [-0.3, -0.25) is 73.1 Å². The van der Waals surface area contributed by atoms with E-state index in [1.807, 2.05) is 12.1 Å². The maximum absolute atomic E-state index is 13.6. The number of carbonyl (C=O) groups excluding carboxylic acids is 8. The van der Waals surface area contributed by atoms with Crippen LogP contribution in [0.3, 0.4) is 0 Å². The minimum atomic E-state index is -4.29. The van der Waals surface area contributed by atoms with Gasteiger partial charge < -0.3 is 56.9 Å². The summed E-state index contributed by atoms with van der Waals surface area (Å²) in [5.41, 5.74) is 8.73. The third-order valence-electron chi connectivity index (χ3n) is 25.4. The number of aryl methyl sites for hydroxylation is 2. The molecule has 17 rings (SSSR count). The van der Waals surface area contributed by atoms with Crippen molar-refractivity contribution in [2.45, 2.75) is 261 Å². The predicted molar refractivity (Wildman–Crippen MR) is 545 cm³/mol. The normalized spacial score (nSPS) is 24.9. The molecule has 808 valence electrons. The summed E-state index contributed by atoms with van der Waals surface area (Å²) in [6, 6.07) is 8.13. The first-order valence-electron chi connectivity index (χ1n) is 46.4.